The average Bonchev–Trinajstić information content (AvgIpc) is 3.23. The van der Waals surface area contributed by atoms with Crippen molar-refractivity contribution in [3.05, 3.63) is 0 Å². The van der Waals surface area contributed by atoms with E-state index in [0.717, 1.165) is 43.8 Å². The quantitative estimate of drug-likeness (QED) is 0.703. The first-order valence-electron chi connectivity index (χ1n) is 11.3. The lowest BCUT2D eigenvalue weighted by atomic mass is 9.78. The highest BCUT2D eigenvalue weighted by Gasteiger charge is 2.43. The lowest BCUT2D eigenvalue weighted by molar-refractivity contribution is -0.135. The first-order valence-corrected chi connectivity index (χ1v) is 11.3. The van der Waals surface area contributed by atoms with Crippen molar-refractivity contribution in [3.8, 4) is 0 Å². The van der Waals surface area contributed by atoms with Crippen LogP contribution in [-0.4, -0.2) is 48.1 Å². The number of hydrazine groups is 1. The lowest BCUT2D eigenvalue weighted by Gasteiger charge is -2.39. The van der Waals surface area contributed by atoms with Gasteiger partial charge in [-0.3, -0.25) is 15.6 Å². The molecule has 6 unspecified atom stereocenters. The molecular weight excluding hydrogens is 324 g/mol. The van der Waals surface area contributed by atoms with Gasteiger partial charge in [0, 0.05) is 37.1 Å². The van der Waals surface area contributed by atoms with Crippen LogP contribution in [0.1, 0.15) is 70.6 Å². The zero-order valence-electron chi connectivity index (χ0n) is 16.1. The standard InChI is InChI=1S/C21H36N4O/c26-21(10-5-14-12-22-20-4-2-1-3-18(14)20)25(16-6-7-16)17-8-9-19-15(11-17)13-23-24-19/h14-20,22-24H,1-13H2. The van der Waals surface area contributed by atoms with Crippen LogP contribution in [-0.2, 0) is 4.79 Å². The Labute approximate surface area is 158 Å². The summed E-state index contributed by atoms with van der Waals surface area (Å²) in [6.45, 7) is 2.22. The Morgan fingerprint density at radius 2 is 1.77 bits per heavy atom. The first-order chi connectivity index (χ1) is 12.8. The minimum atomic E-state index is 0.467. The van der Waals surface area contributed by atoms with Crippen molar-refractivity contribution in [2.75, 3.05) is 13.1 Å². The van der Waals surface area contributed by atoms with Crippen molar-refractivity contribution >= 4 is 5.91 Å². The molecule has 0 aromatic heterocycles. The number of carbonyl (C=O) groups excluding carboxylic acids is 1. The van der Waals surface area contributed by atoms with Gasteiger partial charge in [-0.1, -0.05) is 12.8 Å². The van der Waals surface area contributed by atoms with E-state index in [1.54, 1.807) is 0 Å². The normalized spacial score (nSPS) is 42.3. The molecule has 1 amide bonds. The molecule has 2 aliphatic heterocycles. The van der Waals surface area contributed by atoms with Gasteiger partial charge in [0.25, 0.3) is 0 Å². The van der Waals surface area contributed by atoms with Gasteiger partial charge in [-0.2, -0.15) is 0 Å². The first kappa shape index (κ1) is 17.4. The van der Waals surface area contributed by atoms with E-state index in [9.17, 15) is 4.79 Å². The SMILES string of the molecule is O=C(CCC1CNC2CCCCC12)N(C1CC1)C1CCC2NNCC2C1. The minimum absolute atomic E-state index is 0.467. The predicted molar refractivity (Wildman–Crippen MR) is 102 cm³/mol. The van der Waals surface area contributed by atoms with Gasteiger partial charge in [0.15, 0.2) is 0 Å². The molecule has 5 nitrogen and oxygen atoms in total. The summed E-state index contributed by atoms with van der Waals surface area (Å²) in [7, 11) is 0. The van der Waals surface area contributed by atoms with Crippen LogP contribution >= 0.6 is 0 Å². The van der Waals surface area contributed by atoms with E-state index in [1.165, 1.54) is 57.8 Å². The Balaban J connectivity index is 1.18. The lowest BCUT2D eigenvalue weighted by Crippen LogP contribution is -2.48. The van der Waals surface area contributed by atoms with E-state index in [1.807, 2.05) is 0 Å². The Bertz CT molecular complexity index is 522. The number of carbonyl (C=O) groups is 1. The van der Waals surface area contributed by atoms with Gasteiger partial charge in [-0.25, -0.2) is 0 Å². The maximum atomic E-state index is 13.2. The van der Waals surface area contributed by atoms with E-state index >= 15 is 0 Å². The fraction of sp³-hybridized carbons (Fsp3) is 0.952. The summed E-state index contributed by atoms with van der Waals surface area (Å²) in [5, 5.41) is 3.75. The fourth-order valence-electron chi connectivity index (χ4n) is 6.47. The molecule has 3 saturated carbocycles. The monoisotopic (exact) mass is 360 g/mol. The highest BCUT2D eigenvalue weighted by atomic mass is 16.2. The van der Waals surface area contributed by atoms with Crippen LogP contribution in [0.25, 0.3) is 0 Å². The van der Waals surface area contributed by atoms with Crippen LogP contribution in [0.5, 0.6) is 0 Å². The number of nitrogens with zero attached hydrogens (tertiary/aromatic N) is 1. The highest BCUT2D eigenvalue weighted by Crippen LogP contribution is 2.39. The van der Waals surface area contributed by atoms with Gasteiger partial charge < -0.3 is 10.2 Å². The zero-order valence-corrected chi connectivity index (χ0v) is 16.1. The average molecular weight is 361 g/mol. The maximum absolute atomic E-state index is 13.2. The summed E-state index contributed by atoms with van der Waals surface area (Å²) in [4.78, 5) is 15.6. The van der Waals surface area contributed by atoms with E-state index in [0.29, 0.717) is 30.0 Å². The van der Waals surface area contributed by atoms with Gasteiger partial charge in [-0.05, 0) is 75.7 Å². The summed E-state index contributed by atoms with van der Waals surface area (Å²) >= 11 is 0. The molecule has 3 aliphatic carbocycles. The van der Waals surface area contributed by atoms with Crippen molar-refractivity contribution in [1.82, 2.24) is 21.1 Å². The molecule has 3 N–H and O–H groups in total. The van der Waals surface area contributed by atoms with E-state index in [-0.39, 0.29) is 0 Å². The zero-order chi connectivity index (χ0) is 17.5. The van der Waals surface area contributed by atoms with Crippen LogP contribution in [0.2, 0.25) is 0 Å². The molecule has 5 aliphatic rings. The van der Waals surface area contributed by atoms with Crippen molar-refractivity contribution in [2.45, 2.75) is 94.8 Å². The Hall–Kier alpha value is -0.650. The molecule has 26 heavy (non-hydrogen) atoms. The molecule has 0 radical (unpaired) electrons. The minimum Gasteiger partial charge on any atom is -0.337 e. The summed E-state index contributed by atoms with van der Waals surface area (Å²) in [5.41, 5.74) is 6.75. The molecule has 0 aromatic carbocycles. The van der Waals surface area contributed by atoms with Gasteiger partial charge in [0.05, 0.1) is 0 Å². The molecular formula is C21H36N4O. The second-order valence-electron chi connectivity index (χ2n) is 9.65. The smallest absolute Gasteiger partial charge is 0.223 e. The second kappa shape index (κ2) is 7.40. The Kier molecular flexibility index (Phi) is 4.97. The van der Waals surface area contributed by atoms with Crippen LogP contribution < -0.4 is 16.2 Å². The van der Waals surface area contributed by atoms with E-state index < -0.39 is 0 Å². The van der Waals surface area contributed by atoms with Crippen molar-refractivity contribution < 1.29 is 4.79 Å². The second-order valence-corrected chi connectivity index (χ2v) is 9.65. The fourth-order valence-corrected chi connectivity index (χ4v) is 6.47. The largest absolute Gasteiger partial charge is 0.337 e. The summed E-state index contributed by atoms with van der Waals surface area (Å²) in [6, 6.07) is 2.45. The Morgan fingerprint density at radius 3 is 2.65 bits per heavy atom. The van der Waals surface area contributed by atoms with Crippen molar-refractivity contribution in [1.29, 1.82) is 0 Å². The highest BCUT2D eigenvalue weighted by molar-refractivity contribution is 5.77. The number of fused-ring (bicyclic) bond motifs is 2. The summed E-state index contributed by atoms with van der Waals surface area (Å²) in [5.74, 6) is 2.76. The number of rotatable bonds is 5. The van der Waals surface area contributed by atoms with E-state index in [2.05, 4.69) is 21.1 Å². The van der Waals surface area contributed by atoms with Gasteiger partial charge in [-0.15, -0.1) is 0 Å². The molecule has 2 saturated heterocycles. The molecule has 5 fully saturated rings. The molecule has 0 aromatic rings. The topological polar surface area (TPSA) is 56.4 Å². The van der Waals surface area contributed by atoms with Crippen LogP contribution in [0, 0.1) is 17.8 Å². The molecule has 5 heteroatoms. The van der Waals surface area contributed by atoms with Crippen molar-refractivity contribution in [2.24, 2.45) is 17.8 Å². The number of hydrogen-bond acceptors (Lipinski definition) is 4. The molecule has 0 bridgehead atoms. The third kappa shape index (κ3) is 3.43. The molecule has 2 heterocycles. The molecule has 6 atom stereocenters. The van der Waals surface area contributed by atoms with Gasteiger partial charge >= 0.3 is 0 Å². The van der Waals surface area contributed by atoms with Crippen LogP contribution in [0.3, 0.4) is 0 Å². The van der Waals surface area contributed by atoms with Gasteiger partial charge in [0.1, 0.15) is 0 Å². The molecule has 0 spiro atoms. The third-order valence-electron chi connectivity index (χ3n) is 8.02. The number of amides is 1. The van der Waals surface area contributed by atoms with Crippen LogP contribution in [0.4, 0.5) is 0 Å². The number of hydrogen-bond donors (Lipinski definition) is 3. The van der Waals surface area contributed by atoms with Crippen LogP contribution in [0.15, 0.2) is 0 Å². The molecule has 146 valence electrons. The molecule has 5 rings (SSSR count). The summed E-state index contributed by atoms with van der Waals surface area (Å²) < 4.78 is 0. The predicted octanol–water partition coefficient (Wildman–Crippen LogP) is 2.18. The van der Waals surface area contributed by atoms with Gasteiger partial charge in [0.2, 0.25) is 5.91 Å². The van der Waals surface area contributed by atoms with E-state index in [4.69, 9.17) is 0 Å². The van der Waals surface area contributed by atoms with Crippen molar-refractivity contribution in [3.63, 3.8) is 0 Å². The summed E-state index contributed by atoms with van der Waals surface area (Å²) in [6.07, 6.45) is 13.5. The maximum Gasteiger partial charge on any atom is 0.223 e. The number of nitrogens with one attached hydrogen (secondary N) is 3. The third-order valence-corrected chi connectivity index (χ3v) is 8.02. The Morgan fingerprint density at radius 1 is 0.923 bits per heavy atom.